The molecule has 6 heteroatoms. The van der Waals surface area contributed by atoms with Crippen LogP contribution in [0.25, 0.3) is 0 Å². The number of anilines is 2. The molecule has 2 aromatic rings. The van der Waals surface area contributed by atoms with E-state index in [1.165, 1.54) is 0 Å². The van der Waals surface area contributed by atoms with E-state index < -0.39 is 0 Å². The minimum absolute atomic E-state index is 0.0493. The Labute approximate surface area is 152 Å². The number of nitrogens with zero attached hydrogens (tertiary/aromatic N) is 1. The highest BCUT2D eigenvalue weighted by Gasteiger charge is 2.15. The Morgan fingerprint density at radius 2 is 2.04 bits per heavy atom. The minimum Gasteiger partial charge on any atom is -0.484 e. The highest BCUT2D eigenvalue weighted by atomic mass is 35.5. The van der Waals surface area contributed by atoms with Crippen molar-refractivity contribution in [3.05, 3.63) is 53.1 Å². The number of benzene rings is 2. The molecule has 1 amide bonds. The molecule has 1 fully saturated rings. The summed E-state index contributed by atoms with van der Waals surface area (Å²) in [5.41, 5.74) is 2.70. The third kappa shape index (κ3) is 4.87. The van der Waals surface area contributed by atoms with Crippen molar-refractivity contribution in [1.29, 1.82) is 0 Å². The molecule has 25 heavy (non-hydrogen) atoms. The van der Waals surface area contributed by atoms with Gasteiger partial charge in [0, 0.05) is 18.8 Å². The summed E-state index contributed by atoms with van der Waals surface area (Å²) >= 11 is 6.37. The maximum Gasteiger partial charge on any atom is 0.262 e. The molecule has 0 aliphatic carbocycles. The maximum absolute atomic E-state index is 12.1. The summed E-state index contributed by atoms with van der Waals surface area (Å²) < 4.78 is 10.9. The normalized spacial score (nSPS) is 14.2. The number of halogens is 1. The van der Waals surface area contributed by atoms with Gasteiger partial charge in [0.1, 0.15) is 5.75 Å². The van der Waals surface area contributed by atoms with Crippen molar-refractivity contribution in [2.24, 2.45) is 0 Å². The zero-order chi connectivity index (χ0) is 17.6. The summed E-state index contributed by atoms with van der Waals surface area (Å²) in [6.45, 7) is 4.96. The van der Waals surface area contributed by atoms with Crippen LogP contribution in [0.15, 0.2) is 42.5 Å². The molecule has 1 aliphatic rings. The van der Waals surface area contributed by atoms with Crippen LogP contribution in [0.2, 0.25) is 5.02 Å². The Kier molecular flexibility index (Phi) is 5.79. The second kappa shape index (κ2) is 8.23. The fraction of sp³-hybridized carbons (Fsp3) is 0.316. The number of rotatable bonds is 5. The van der Waals surface area contributed by atoms with E-state index in [0.717, 1.165) is 24.3 Å². The molecule has 1 N–H and O–H groups in total. The molecular weight excluding hydrogens is 340 g/mol. The Balaban J connectivity index is 1.57. The van der Waals surface area contributed by atoms with Crippen LogP contribution >= 0.6 is 11.6 Å². The number of hydrogen-bond acceptors (Lipinski definition) is 4. The van der Waals surface area contributed by atoms with Crippen LogP contribution < -0.4 is 15.0 Å². The Morgan fingerprint density at radius 3 is 2.76 bits per heavy atom. The molecule has 1 saturated heterocycles. The van der Waals surface area contributed by atoms with Crippen LogP contribution in [0, 0.1) is 6.92 Å². The molecule has 3 rings (SSSR count). The SMILES string of the molecule is Cc1cccc(OCC(=O)Nc2ccc(N3CCOCC3)c(Cl)c2)c1. The van der Waals surface area contributed by atoms with Crippen LogP contribution in [-0.4, -0.2) is 38.8 Å². The van der Waals surface area contributed by atoms with Crippen LogP contribution in [0.5, 0.6) is 5.75 Å². The maximum atomic E-state index is 12.1. The first-order valence-corrected chi connectivity index (χ1v) is 8.61. The number of amides is 1. The lowest BCUT2D eigenvalue weighted by Crippen LogP contribution is -2.36. The minimum atomic E-state index is -0.225. The van der Waals surface area contributed by atoms with Gasteiger partial charge in [0.05, 0.1) is 23.9 Å². The zero-order valence-corrected chi connectivity index (χ0v) is 14.9. The summed E-state index contributed by atoms with van der Waals surface area (Å²) in [5, 5.41) is 3.42. The Hall–Kier alpha value is -2.24. The first-order chi connectivity index (χ1) is 12.1. The highest BCUT2D eigenvalue weighted by molar-refractivity contribution is 6.33. The number of carbonyl (C=O) groups is 1. The number of aryl methyl sites for hydroxylation is 1. The molecule has 2 aromatic carbocycles. The van der Waals surface area contributed by atoms with E-state index in [1.807, 2.05) is 43.3 Å². The summed E-state index contributed by atoms with van der Waals surface area (Å²) in [6, 6.07) is 13.1. The monoisotopic (exact) mass is 360 g/mol. The number of morpholine rings is 1. The number of nitrogens with one attached hydrogen (secondary N) is 1. The van der Waals surface area contributed by atoms with E-state index in [-0.39, 0.29) is 12.5 Å². The first kappa shape index (κ1) is 17.6. The van der Waals surface area contributed by atoms with Gasteiger partial charge in [0.15, 0.2) is 6.61 Å². The lowest BCUT2D eigenvalue weighted by molar-refractivity contribution is -0.118. The van der Waals surface area contributed by atoms with Crippen molar-refractivity contribution in [2.75, 3.05) is 43.1 Å². The van der Waals surface area contributed by atoms with Gasteiger partial charge in [-0.1, -0.05) is 23.7 Å². The summed E-state index contributed by atoms with van der Waals surface area (Å²) in [6.07, 6.45) is 0. The van der Waals surface area contributed by atoms with Crippen LogP contribution in [0.4, 0.5) is 11.4 Å². The molecule has 0 bridgehead atoms. The van der Waals surface area contributed by atoms with Crippen molar-refractivity contribution in [2.45, 2.75) is 6.92 Å². The second-order valence-electron chi connectivity index (χ2n) is 5.92. The predicted molar refractivity (Wildman–Crippen MR) is 99.8 cm³/mol. The zero-order valence-electron chi connectivity index (χ0n) is 14.1. The number of hydrogen-bond donors (Lipinski definition) is 1. The quantitative estimate of drug-likeness (QED) is 0.886. The van der Waals surface area contributed by atoms with Gasteiger partial charge >= 0.3 is 0 Å². The van der Waals surface area contributed by atoms with Gasteiger partial charge in [-0.25, -0.2) is 0 Å². The third-order valence-electron chi connectivity index (χ3n) is 3.94. The van der Waals surface area contributed by atoms with E-state index in [0.29, 0.717) is 29.7 Å². The fourth-order valence-corrected chi connectivity index (χ4v) is 3.00. The molecule has 0 aromatic heterocycles. The second-order valence-corrected chi connectivity index (χ2v) is 6.33. The smallest absolute Gasteiger partial charge is 0.262 e. The summed E-state index contributed by atoms with van der Waals surface area (Å²) in [7, 11) is 0. The number of carbonyl (C=O) groups excluding carboxylic acids is 1. The van der Waals surface area contributed by atoms with Crippen molar-refractivity contribution in [1.82, 2.24) is 0 Å². The lowest BCUT2D eigenvalue weighted by Gasteiger charge is -2.29. The summed E-state index contributed by atoms with van der Waals surface area (Å²) in [5.74, 6) is 0.451. The van der Waals surface area contributed by atoms with Crippen molar-refractivity contribution < 1.29 is 14.3 Å². The predicted octanol–water partition coefficient (Wildman–Crippen LogP) is 3.50. The number of ether oxygens (including phenoxy) is 2. The molecule has 0 radical (unpaired) electrons. The van der Waals surface area contributed by atoms with E-state index in [2.05, 4.69) is 10.2 Å². The first-order valence-electron chi connectivity index (χ1n) is 8.23. The fourth-order valence-electron chi connectivity index (χ4n) is 2.70. The van der Waals surface area contributed by atoms with E-state index >= 15 is 0 Å². The van der Waals surface area contributed by atoms with Gasteiger partial charge < -0.3 is 19.7 Å². The Morgan fingerprint density at radius 1 is 1.24 bits per heavy atom. The molecule has 0 spiro atoms. The van der Waals surface area contributed by atoms with Gasteiger partial charge in [0.2, 0.25) is 0 Å². The standard InChI is InChI=1S/C19H21ClN2O3/c1-14-3-2-4-16(11-14)25-13-19(23)21-15-5-6-18(17(20)12-15)22-7-9-24-10-8-22/h2-6,11-12H,7-10,13H2,1H3,(H,21,23). The molecular formula is C19H21ClN2O3. The van der Waals surface area contributed by atoms with Crippen molar-refractivity contribution >= 4 is 28.9 Å². The van der Waals surface area contributed by atoms with Crippen LogP contribution in [0.1, 0.15) is 5.56 Å². The van der Waals surface area contributed by atoms with E-state index in [9.17, 15) is 4.79 Å². The molecule has 1 heterocycles. The third-order valence-corrected chi connectivity index (χ3v) is 4.25. The average molecular weight is 361 g/mol. The van der Waals surface area contributed by atoms with Gasteiger partial charge in [0.25, 0.3) is 5.91 Å². The van der Waals surface area contributed by atoms with E-state index in [4.69, 9.17) is 21.1 Å². The average Bonchev–Trinajstić information content (AvgIpc) is 2.61. The van der Waals surface area contributed by atoms with Crippen LogP contribution in [-0.2, 0) is 9.53 Å². The molecule has 132 valence electrons. The largest absolute Gasteiger partial charge is 0.484 e. The van der Waals surface area contributed by atoms with Gasteiger partial charge in [-0.3, -0.25) is 4.79 Å². The molecule has 0 unspecified atom stereocenters. The lowest BCUT2D eigenvalue weighted by atomic mass is 10.2. The highest BCUT2D eigenvalue weighted by Crippen LogP contribution is 2.29. The molecule has 1 aliphatic heterocycles. The van der Waals surface area contributed by atoms with Crippen molar-refractivity contribution in [3.63, 3.8) is 0 Å². The van der Waals surface area contributed by atoms with Gasteiger partial charge in [-0.15, -0.1) is 0 Å². The Bertz CT molecular complexity index is 745. The molecule has 0 atom stereocenters. The topological polar surface area (TPSA) is 50.8 Å². The van der Waals surface area contributed by atoms with Gasteiger partial charge in [-0.05, 0) is 42.8 Å². The van der Waals surface area contributed by atoms with Crippen LogP contribution in [0.3, 0.4) is 0 Å². The molecule has 5 nitrogen and oxygen atoms in total. The van der Waals surface area contributed by atoms with Gasteiger partial charge in [-0.2, -0.15) is 0 Å². The van der Waals surface area contributed by atoms with Crippen molar-refractivity contribution in [3.8, 4) is 5.75 Å². The van der Waals surface area contributed by atoms with E-state index in [1.54, 1.807) is 6.07 Å². The summed E-state index contributed by atoms with van der Waals surface area (Å²) in [4.78, 5) is 14.2. The molecule has 0 saturated carbocycles.